The maximum Gasteiger partial charge on any atom is 0.275 e. The fourth-order valence-corrected chi connectivity index (χ4v) is 2.83. The van der Waals surface area contributed by atoms with Gasteiger partial charge in [0.15, 0.2) is 13.1 Å². The van der Waals surface area contributed by atoms with Gasteiger partial charge in [0.05, 0.1) is 98.9 Å². The monoisotopic (exact) mass is 668 g/mol. The van der Waals surface area contributed by atoms with Crippen LogP contribution in [-0.4, -0.2) is 143 Å². The van der Waals surface area contributed by atoms with E-state index in [1.165, 1.54) is 0 Å². The molecule has 0 rings (SSSR count). The molecular weight excluding hydrogens is 618 g/mol. The predicted octanol–water partition coefficient (Wildman–Crippen LogP) is -19.1. The maximum atomic E-state index is 12.4. The van der Waals surface area contributed by atoms with E-state index in [0.717, 1.165) is 18.0 Å². The minimum Gasteiger partial charge on any atom is -1.00 e. The van der Waals surface area contributed by atoms with Gasteiger partial charge >= 0.3 is 0 Å². The Bertz CT molecular complexity index is 492. The number of halogens is 4. The highest BCUT2D eigenvalue weighted by Crippen LogP contribution is 1.79. The van der Waals surface area contributed by atoms with Gasteiger partial charge in [0.25, 0.3) is 11.8 Å². The number of carbonyl (C=O) groups excluding carboxylic acids is 2. The molecule has 0 aliphatic carbocycles. The van der Waals surface area contributed by atoms with Crippen LogP contribution in [0.25, 0.3) is 0 Å². The molecule has 0 radical (unpaired) electrons. The fourth-order valence-electron chi connectivity index (χ4n) is 2.83. The Morgan fingerprint density at radius 2 is 0.775 bits per heavy atom. The van der Waals surface area contributed by atoms with Gasteiger partial charge in [-0.25, -0.2) is 0 Å². The number of hydrogen-bond donors (Lipinski definition) is 6. The predicted molar refractivity (Wildman–Crippen MR) is 130 cm³/mol. The summed E-state index contributed by atoms with van der Waals surface area (Å²) in [4.78, 5) is 25.5. The Morgan fingerprint density at radius 1 is 0.475 bits per heavy atom. The third-order valence-electron chi connectivity index (χ3n) is 4.54. The molecule has 0 aliphatic rings. The molecule has 12 N–H and O–H groups in total. The lowest BCUT2D eigenvalue weighted by molar-refractivity contribution is -0.884. The Hall–Kier alpha value is -0.300. The second-order valence-corrected chi connectivity index (χ2v) is 7.79. The van der Waals surface area contributed by atoms with E-state index >= 15 is 0 Å². The molecule has 0 aromatic heterocycles. The van der Waals surface area contributed by atoms with E-state index in [-0.39, 0.29) is 74.5 Å². The molecule has 2 amide bonds. The van der Waals surface area contributed by atoms with Crippen molar-refractivity contribution in [1.29, 1.82) is 0 Å². The summed E-state index contributed by atoms with van der Waals surface area (Å²) in [5.41, 5.74) is 11.1. The largest absolute Gasteiger partial charge is 1.00 e. The summed E-state index contributed by atoms with van der Waals surface area (Å²) in [5.74, 6) is -0.307. The van der Waals surface area contributed by atoms with Crippen molar-refractivity contribution in [2.24, 2.45) is 0 Å². The number of ether oxygens (including phenoxy) is 6. The second kappa shape index (κ2) is 40.8. The molecule has 0 aliphatic heterocycles. The first-order valence-electron chi connectivity index (χ1n) is 12.8. The van der Waals surface area contributed by atoms with Gasteiger partial charge in [-0.2, -0.15) is 0 Å². The summed E-state index contributed by atoms with van der Waals surface area (Å²) in [5, 5.41) is 5.65. The number of rotatable bonds is 28. The smallest absolute Gasteiger partial charge is 0.275 e. The summed E-state index contributed by atoms with van der Waals surface area (Å²) in [6, 6.07) is 0. The van der Waals surface area contributed by atoms with E-state index in [9.17, 15) is 9.59 Å². The molecule has 0 fully saturated rings. The summed E-state index contributed by atoms with van der Waals surface area (Å²) < 4.78 is 32.3. The van der Waals surface area contributed by atoms with Crippen molar-refractivity contribution in [2.75, 3.05) is 132 Å². The third-order valence-corrected chi connectivity index (χ3v) is 4.54. The average molecular weight is 671 g/mol. The first-order chi connectivity index (χ1) is 17.6. The minimum atomic E-state index is -0.154. The molecule has 0 heterocycles. The summed E-state index contributed by atoms with van der Waals surface area (Å²) in [6.07, 6.45) is 0. The summed E-state index contributed by atoms with van der Waals surface area (Å²) in [7, 11) is 0. The van der Waals surface area contributed by atoms with Gasteiger partial charge < -0.3 is 111 Å². The Labute approximate surface area is 263 Å². The molecule has 246 valence electrons. The van der Waals surface area contributed by atoms with Gasteiger partial charge in [-0.15, -0.1) is 0 Å². The third kappa shape index (κ3) is 37.7. The van der Waals surface area contributed by atoms with E-state index in [4.69, 9.17) is 28.4 Å². The van der Waals surface area contributed by atoms with Gasteiger partial charge in [-0.3, -0.25) is 9.59 Å². The molecule has 0 saturated carbocycles. The minimum absolute atomic E-state index is 0. The highest BCUT2D eigenvalue weighted by molar-refractivity contribution is 5.78. The molecule has 0 spiro atoms. The summed E-state index contributed by atoms with van der Waals surface area (Å²) >= 11 is 0. The molecule has 0 saturated heterocycles. The molecule has 18 heteroatoms. The van der Waals surface area contributed by atoms with E-state index < -0.39 is 0 Å². The molecule has 0 unspecified atom stereocenters. The fraction of sp³-hybridized carbons (Fsp3) is 0.909. The van der Waals surface area contributed by atoms with E-state index in [1.54, 1.807) is 0 Å². The number of hydrogen-bond acceptors (Lipinski definition) is 8. The van der Waals surface area contributed by atoms with Crippen LogP contribution in [0.2, 0.25) is 0 Å². The number of nitrogens with one attached hydrogen (secondary N) is 3. The molecular formula is C22H52Cl4N6O8. The molecule has 0 aromatic rings. The lowest BCUT2D eigenvalue weighted by Gasteiger charge is -2.19. The second-order valence-electron chi connectivity index (χ2n) is 7.79. The zero-order valence-corrected chi connectivity index (χ0v) is 26.6. The Balaban J connectivity index is -0.00000102. The van der Waals surface area contributed by atoms with Crippen molar-refractivity contribution in [3.8, 4) is 0 Å². The quantitative estimate of drug-likeness (QED) is 0.0441. The van der Waals surface area contributed by atoms with Gasteiger partial charge in [0.2, 0.25) is 0 Å². The van der Waals surface area contributed by atoms with Crippen molar-refractivity contribution in [1.82, 2.24) is 10.6 Å². The first-order valence-corrected chi connectivity index (χ1v) is 12.8. The standard InChI is InChI=1S/C22H48N6O8.4ClH/c23-1-7-31-13-16-34-10-4-26-21(29)19-28(6-12-36-18-15-33-9-3-25)20-22(30)27-5-11-35-17-14-32-8-2-24;;;;/h1-20,23-25H2,(H,26,29)(H,27,30);4*1H. The van der Waals surface area contributed by atoms with Gasteiger partial charge in [-0.1, -0.05) is 0 Å². The van der Waals surface area contributed by atoms with Crippen LogP contribution in [0.3, 0.4) is 0 Å². The number of carbonyl (C=O) groups is 2. The van der Waals surface area contributed by atoms with Crippen LogP contribution in [0.15, 0.2) is 0 Å². The van der Waals surface area contributed by atoms with Crippen molar-refractivity contribution in [3.63, 3.8) is 0 Å². The van der Waals surface area contributed by atoms with Crippen LogP contribution in [0, 0.1) is 0 Å². The van der Waals surface area contributed by atoms with Crippen molar-refractivity contribution in [2.45, 2.75) is 0 Å². The lowest BCUT2D eigenvalue weighted by atomic mass is 10.4. The van der Waals surface area contributed by atoms with Crippen LogP contribution in [0.4, 0.5) is 0 Å². The molecule has 14 nitrogen and oxygen atoms in total. The number of quaternary nitrogens is 4. The zero-order chi connectivity index (χ0) is 26.5. The van der Waals surface area contributed by atoms with Crippen LogP contribution in [0.5, 0.6) is 0 Å². The van der Waals surface area contributed by atoms with Gasteiger partial charge in [0, 0.05) is 13.1 Å². The van der Waals surface area contributed by atoms with Gasteiger partial charge in [-0.05, 0) is 0 Å². The Morgan fingerprint density at radius 3 is 1.10 bits per heavy atom. The highest BCUT2D eigenvalue weighted by atomic mass is 35.5. The molecule has 40 heavy (non-hydrogen) atoms. The molecule has 0 aromatic carbocycles. The topological polar surface area (TPSA) is 201 Å². The Kier molecular flexibility index (Phi) is 50.4. The molecule has 0 atom stereocenters. The SMILES string of the molecule is [Cl-].[Cl-].[Cl-].[Cl-].[NH3+]CCOCCOCCNC(=O)C[NH+](CCOCCOCC[NH3+])CC(=O)NCCOCCOCC[NH3+]. The van der Waals surface area contributed by atoms with Gasteiger partial charge in [0.1, 0.15) is 6.54 Å². The summed E-state index contributed by atoms with van der Waals surface area (Å²) in [6.45, 7) is 9.69. The van der Waals surface area contributed by atoms with Crippen LogP contribution >= 0.6 is 0 Å². The van der Waals surface area contributed by atoms with E-state index in [0.29, 0.717) is 105 Å². The van der Waals surface area contributed by atoms with Crippen LogP contribution in [0.1, 0.15) is 0 Å². The van der Waals surface area contributed by atoms with E-state index in [1.807, 2.05) is 0 Å². The van der Waals surface area contributed by atoms with Crippen molar-refractivity contribution >= 4 is 11.8 Å². The zero-order valence-electron chi connectivity index (χ0n) is 23.5. The molecule has 0 bridgehead atoms. The lowest BCUT2D eigenvalue weighted by Crippen LogP contribution is -3.14. The van der Waals surface area contributed by atoms with Crippen molar-refractivity contribution < 1.29 is 110 Å². The normalized spacial score (nSPS) is 10.1. The highest BCUT2D eigenvalue weighted by Gasteiger charge is 2.18. The maximum absolute atomic E-state index is 12.4. The van der Waals surface area contributed by atoms with E-state index in [2.05, 4.69) is 27.8 Å². The average Bonchev–Trinajstić information content (AvgIpc) is 2.86. The van der Waals surface area contributed by atoms with Crippen molar-refractivity contribution in [3.05, 3.63) is 0 Å². The van der Waals surface area contributed by atoms with Crippen LogP contribution < -0.4 is 82.4 Å². The first kappa shape index (κ1) is 49.4. The number of amides is 2. The van der Waals surface area contributed by atoms with Crippen LogP contribution in [-0.2, 0) is 38.0 Å².